The van der Waals surface area contributed by atoms with Crippen LogP contribution in [-0.2, 0) is 9.59 Å². The first-order valence-electron chi connectivity index (χ1n) is 10.1. The van der Waals surface area contributed by atoms with Crippen molar-refractivity contribution in [2.45, 2.75) is 20.8 Å². The van der Waals surface area contributed by atoms with E-state index in [2.05, 4.69) is 19.2 Å². The highest BCUT2D eigenvalue weighted by Crippen LogP contribution is 2.22. The summed E-state index contributed by atoms with van der Waals surface area (Å²) in [6.45, 7) is 8.64. The molecule has 2 aromatic rings. The second-order valence-corrected chi connectivity index (χ2v) is 6.82. The highest BCUT2D eigenvalue weighted by molar-refractivity contribution is 6.15. The fraction of sp³-hybridized carbons (Fsp3) is 0.280. The smallest absolute Gasteiger partial charge is 0.220 e. The van der Waals surface area contributed by atoms with Crippen molar-refractivity contribution in [3.05, 3.63) is 82.9 Å². The lowest BCUT2D eigenvalue weighted by atomic mass is 9.94. The van der Waals surface area contributed by atoms with E-state index in [0.717, 1.165) is 24.2 Å². The van der Waals surface area contributed by atoms with Gasteiger partial charge in [0.2, 0.25) is 5.91 Å². The summed E-state index contributed by atoms with van der Waals surface area (Å²) in [4.78, 5) is 26.4. The summed E-state index contributed by atoms with van der Waals surface area (Å²) in [5.41, 5.74) is 3.21. The van der Waals surface area contributed by atoms with E-state index in [-0.39, 0.29) is 11.7 Å². The van der Waals surface area contributed by atoms with Crippen LogP contribution in [0, 0.1) is 0 Å². The number of piperidine rings is 1. The fourth-order valence-electron chi connectivity index (χ4n) is 3.01. The minimum absolute atomic E-state index is 0.0141. The largest absolute Gasteiger partial charge is 0.334 e. The lowest BCUT2D eigenvalue weighted by Gasteiger charge is -2.29. The Morgan fingerprint density at radius 2 is 1.28 bits per heavy atom. The fourth-order valence-corrected chi connectivity index (χ4v) is 3.01. The number of hydrogen-bond acceptors (Lipinski definition) is 3. The molecule has 1 fully saturated rings. The third-order valence-corrected chi connectivity index (χ3v) is 4.53. The van der Waals surface area contributed by atoms with Crippen LogP contribution in [0.5, 0.6) is 0 Å². The maximum absolute atomic E-state index is 12.8. The molecule has 1 N–H and O–H groups in total. The number of ketones is 1. The van der Waals surface area contributed by atoms with Gasteiger partial charge in [-0.05, 0) is 36.4 Å². The van der Waals surface area contributed by atoms with Crippen molar-refractivity contribution in [1.82, 2.24) is 10.2 Å². The molecule has 152 valence electrons. The molecule has 0 saturated carbocycles. The van der Waals surface area contributed by atoms with Crippen molar-refractivity contribution in [1.29, 1.82) is 0 Å². The lowest BCUT2D eigenvalue weighted by Crippen LogP contribution is -2.40. The molecular formula is C25H30N2O2. The minimum atomic E-state index is -0.0274. The van der Waals surface area contributed by atoms with Crippen LogP contribution < -0.4 is 5.32 Å². The Morgan fingerprint density at radius 3 is 1.59 bits per heavy atom. The summed E-state index contributed by atoms with van der Waals surface area (Å²) >= 11 is 0. The number of nitrogens with zero attached hydrogens (tertiary/aromatic N) is 1. The van der Waals surface area contributed by atoms with Gasteiger partial charge in [0.25, 0.3) is 0 Å². The molecule has 1 amide bonds. The molecule has 1 saturated heterocycles. The predicted octanol–water partition coefficient (Wildman–Crippen LogP) is 4.20. The van der Waals surface area contributed by atoms with E-state index in [1.165, 1.54) is 6.92 Å². The number of amides is 1. The van der Waals surface area contributed by atoms with Gasteiger partial charge in [0.1, 0.15) is 0 Å². The highest BCUT2D eigenvalue weighted by atomic mass is 16.2. The summed E-state index contributed by atoms with van der Waals surface area (Å²) in [6, 6.07) is 19.4. The number of carbonyl (C=O) groups is 2. The third kappa shape index (κ3) is 7.16. The van der Waals surface area contributed by atoms with Gasteiger partial charge in [0, 0.05) is 31.2 Å². The number of Topliss-reactive ketones (excluding diaryl/α,β-unsaturated/α-hetero) is 1. The maximum atomic E-state index is 12.8. The van der Waals surface area contributed by atoms with Gasteiger partial charge in [0.15, 0.2) is 5.78 Å². The molecule has 0 spiro atoms. The van der Waals surface area contributed by atoms with Crippen molar-refractivity contribution in [3.63, 3.8) is 0 Å². The van der Waals surface area contributed by atoms with Crippen LogP contribution in [0.3, 0.4) is 0 Å². The molecular weight excluding hydrogens is 360 g/mol. The SMILES string of the molecule is CC(=O)N1CC(=Cc2ccccc2)C(=O)C(=Cc2ccccc2)C1.CCNCC. The van der Waals surface area contributed by atoms with Crippen molar-refractivity contribution < 1.29 is 9.59 Å². The summed E-state index contributed by atoms with van der Waals surface area (Å²) < 4.78 is 0. The van der Waals surface area contributed by atoms with Crippen LogP contribution in [0.15, 0.2) is 71.8 Å². The van der Waals surface area contributed by atoms with E-state index in [4.69, 9.17) is 0 Å². The van der Waals surface area contributed by atoms with Gasteiger partial charge in [-0.1, -0.05) is 74.5 Å². The van der Waals surface area contributed by atoms with Crippen LogP contribution in [0.2, 0.25) is 0 Å². The minimum Gasteiger partial charge on any atom is -0.334 e. The molecule has 0 bridgehead atoms. The highest BCUT2D eigenvalue weighted by Gasteiger charge is 2.27. The van der Waals surface area contributed by atoms with E-state index in [1.54, 1.807) is 4.90 Å². The third-order valence-electron chi connectivity index (χ3n) is 4.53. The van der Waals surface area contributed by atoms with Crippen LogP contribution in [0.25, 0.3) is 12.2 Å². The van der Waals surface area contributed by atoms with Crippen molar-refractivity contribution in [2.24, 2.45) is 0 Å². The molecule has 4 heteroatoms. The second kappa shape index (κ2) is 11.8. The zero-order valence-electron chi connectivity index (χ0n) is 17.5. The Balaban J connectivity index is 0.000000537. The zero-order valence-corrected chi connectivity index (χ0v) is 17.5. The normalized spacial score (nSPS) is 16.5. The van der Waals surface area contributed by atoms with Crippen molar-refractivity contribution >= 4 is 23.8 Å². The zero-order chi connectivity index (χ0) is 21.1. The molecule has 1 aliphatic rings. The van der Waals surface area contributed by atoms with E-state index >= 15 is 0 Å². The summed E-state index contributed by atoms with van der Waals surface area (Å²) in [6.07, 6.45) is 3.74. The standard InChI is InChI=1S/C21H19NO2.C4H11N/c1-16(23)22-14-19(12-17-8-4-2-5-9-17)21(24)20(15-22)13-18-10-6-3-7-11-18;1-3-5-4-2/h2-13H,14-15H2,1H3;5H,3-4H2,1-2H3. The van der Waals surface area contributed by atoms with Crippen LogP contribution in [0.1, 0.15) is 31.9 Å². The lowest BCUT2D eigenvalue weighted by molar-refractivity contribution is -0.129. The molecule has 2 aromatic carbocycles. The number of hydrogen-bond donors (Lipinski definition) is 1. The quantitative estimate of drug-likeness (QED) is 0.796. The van der Waals surface area contributed by atoms with Crippen LogP contribution in [0.4, 0.5) is 0 Å². The average Bonchev–Trinajstić information content (AvgIpc) is 2.73. The van der Waals surface area contributed by atoms with E-state index < -0.39 is 0 Å². The van der Waals surface area contributed by atoms with Gasteiger partial charge in [-0.2, -0.15) is 0 Å². The van der Waals surface area contributed by atoms with E-state index in [1.807, 2.05) is 72.8 Å². The predicted molar refractivity (Wildman–Crippen MR) is 120 cm³/mol. The van der Waals surface area contributed by atoms with E-state index in [9.17, 15) is 9.59 Å². The van der Waals surface area contributed by atoms with Gasteiger partial charge in [-0.25, -0.2) is 0 Å². The second-order valence-electron chi connectivity index (χ2n) is 6.82. The monoisotopic (exact) mass is 390 g/mol. The van der Waals surface area contributed by atoms with Crippen LogP contribution in [-0.4, -0.2) is 42.8 Å². The van der Waals surface area contributed by atoms with Crippen molar-refractivity contribution in [2.75, 3.05) is 26.2 Å². The first-order chi connectivity index (χ1) is 14.0. The van der Waals surface area contributed by atoms with Gasteiger partial charge in [-0.15, -0.1) is 0 Å². The molecule has 0 aromatic heterocycles. The molecule has 4 nitrogen and oxygen atoms in total. The molecule has 29 heavy (non-hydrogen) atoms. The van der Waals surface area contributed by atoms with Gasteiger partial charge in [-0.3, -0.25) is 9.59 Å². The Bertz CT molecular complexity index is 791. The molecule has 0 atom stereocenters. The first kappa shape index (κ1) is 22.3. The molecule has 1 aliphatic heterocycles. The number of nitrogens with one attached hydrogen (secondary N) is 1. The van der Waals surface area contributed by atoms with Gasteiger partial charge in [0.05, 0.1) is 0 Å². The molecule has 1 heterocycles. The molecule has 0 radical (unpaired) electrons. The van der Waals surface area contributed by atoms with Crippen molar-refractivity contribution in [3.8, 4) is 0 Å². The molecule has 3 rings (SSSR count). The Labute approximate surface area is 173 Å². The number of likely N-dealkylation sites (tertiary alicyclic amines) is 1. The molecule has 0 aliphatic carbocycles. The van der Waals surface area contributed by atoms with Crippen LogP contribution >= 0.6 is 0 Å². The summed E-state index contributed by atoms with van der Waals surface area (Å²) in [5, 5.41) is 3.11. The summed E-state index contributed by atoms with van der Waals surface area (Å²) in [7, 11) is 0. The Morgan fingerprint density at radius 1 is 0.862 bits per heavy atom. The van der Waals surface area contributed by atoms with E-state index in [0.29, 0.717) is 24.2 Å². The van der Waals surface area contributed by atoms with Gasteiger partial charge >= 0.3 is 0 Å². The first-order valence-corrected chi connectivity index (χ1v) is 10.1. The number of benzene rings is 2. The number of carbonyl (C=O) groups excluding carboxylic acids is 2. The topological polar surface area (TPSA) is 49.4 Å². The Kier molecular flexibility index (Phi) is 9.06. The number of rotatable bonds is 4. The molecule has 0 unspecified atom stereocenters. The summed E-state index contributed by atoms with van der Waals surface area (Å²) in [5.74, 6) is -0.0133. The maximum Gasteiger partial charge on any atom is 0.220 e. The van der Waals surface area contributed by atoms with Gasteiger partial charge < -0.3 is 10.2 Å². The average molecular weight is 391 g/mol. The Hall–Kier alpha value is -2.98.